The summed E-state index contributed by atoms with van der Waals surface area (Å²) in [5.41, 5.74) is 0.797. The Morgan fingerprint density at radius 2 is 2.23 bits per heavy atom. The molecule has 0 bridgehead atoms. The van der Waals surface area contributed by atoms with Gasteiger partial charge in [-0.2, -0.15) is 5.10 Å². The number of nitrogens with zero attached hydrogens (tertiary/aromatic N) is 2. The van der Waals surface area contributed by atoms with E-state index in [2.05, 4.69) is 31.1 Å². The van der Waals surface area contributed by atoms with E-state index in [4.69, 9.17) is 0 Å². The zero-order chi connectivity index (χ0) is 9.26. The number of H-pyrrole nitrogens is 1. The van der Waals surface area contributed by atoms with E-state index in [9.17, 15) is 4.39 Å². The number of benzene rings is 1. The third-order valence-electron chi connectivity index (χ3n) is 1.61. The van der Waals surface area contributed by atoms with E-state index in [1.165, 1.54) is 12.4 Å². The second kappa shape index (κ2) is 3.26. The molecule has 0 aliphatic carbocycles. The van der Waals surface area contributed by atoms with Crippen LogP contribution in [-0.2, 0) is 0 Å². The lowest BCUT2D eigenvalue weighted by Crippen LogP contribution is -1.83. The normalized spacial score (nSPS) is 10.3. The first kappa shape index (κ1) is 8.37. The summed E-state index contributed by atoms with van der Waals surface area (Å²) in [5.74, 6) is 0.337. The lowest BCUT2D eigenvalue weighted by atomic mass is 10.2. The Labute approximate surface area is 82.1 Å². The van der Waals surface area contributed by atoms with Gasteiger partial charge >= 0.3 is 0 Å². The van der Waals surface area contributed by atoms with Crippen LogP contribution >= 0.6 is 15.9 Å². The van der Waals surface area contributed by atoms with Crippen molar-refractivity contribution < 1.29 is 4.39 Å². The van der Waals surface area contributed by atoms with Crippen molar-refractivity contribution in [3.63, 3.8) is 0 Å². The summed E-state index contributed by atoms with van der Waals surface area (Å²) >= 11 is 3.09. The number of hydrogen-bond acceptors (Lipinski definition) is 2. The number of nitrogens with one attached hydrogen (secondary N) is 1. The average molecular weight is 242 g/mol. The van der Waals surface area contributed by atoms with E-state index in [1.54, 1.807) is 12.1 Å². The SMILES string of the molecule is Fc1ccc(-c2ncn[nH]2)cc1Br. The van der Waals surface area contributed by atoms with Crippen LogP contribution in [0.5, 0.6) is 0 Å². The molecule has 5 heteroatoms. The fourth-order valence-electron chi connectivity index (χ4n) is 0.988. The van der Waals surface area contributed by atoms with Crippen LogP contribution in [0.1, 0.15) is 0 Å². The number of halogens is 2. The summed E-state index contributed by atoms with van der Waals surface area (Å²) in [6.07, 6.45) is 1.41. The highest BCUT2D eigenvalue weighted by Gasteiger charge is 2.03. The second-order valence-electron chi connectivity index (χ2n) is 2.46. The van der Waals surface area contributed by atoms with Crippen molar-refractivity contribution in [2.75, 3.05) is 0 Å². The van der Waals surface area contributed by atoms with E-state index >= 15 is 0 Å². The topological polar surface area (TPSA) is 41.6 Å². The monoisotopic (exact) mass is 241 g/mol. The molecule has 66 valence electrons. The predicted molar refractivity (Wildman–Crippen MR) is 49.5 cm³/mol. The first-order valence-electron chi connectivity index (χ1n) is 3.58. The molecular weight excluding hydrogens is 237 g/mol. The fourth-order valence-corrected chi connectivity index (χ4v) is 1.37. The van der Waals surface area contributed by atoms with Gasteiger partial charge in [-0.3, -0.25) is 5.10 Å². The Balaban J connectivity index is 2.49. The summed E-state index contributed by atoms with van der Waals surface area (Å²) in [6.45, 7) is 0. The smallest absolute Gasteiger partial charge is 0.155 e. The molecule has 0 radical (unpaired) electrons. The molecule has 0 aliphatic heterocycles. The van der Waals surface area contributed by atoms with Crippen molar-refractivity contribution in [2.24, 2.45) is 0 Å². The second-order valence-corrected chi connectivity index (χ2v) is 3.32. The van der Waals surface area contributed by atoms with Gasteiger partial charge in [-0.1, -0.05) is 0 Å². The molecule has 1 N–H and O–H groups in total. The predicted octanol–water partition coefficient (Wildman–Crippen LogP) is 2.37. The molecular formula is C8H5BrFN3. The standard InChI is InChI=1S/C8H5BrFN3/c9-6-3-5(1-2-7(6)10)8-11-4-12-13-8/h1-4H,(H,11,12,13). The van der Waals surface area contributed by atoms with Crippen LogP contribution in [0.4, 0.5) is 4.39 Å². The highest BCUT2D eigenvalue weighted by Crippen LogP contribution is 2.21. The molecule has 1 heterocycles. The van der Waals surface area contributed by atoms with E-state index in [0.29, 0.717) is 10.3 Å². The Bertz CT molecular complexity index is 413. The van der Waals surface area contributed by atoms with E-state index in [0.717, 1.165) is 5.56 Å². The van der Waals surface area contributed by atoms with Gasteiger partial charge in [0, 0.05) is 5.56 Å². The minimum atomic E-state index is -0.289. The van der Waals surface area contributed by atoms with Crippen molar-refractivity contribution in [1.82, 2.24) is 15.2 Å². The summed E-state index contributed by atoms with van der Waals surface area (Å²) in [7, 11) is 0. The Kier molecular flexibility index (Phi) is 2.10. The van der Waals surface area contributed by atoms with Gasteiger partial charge in [0.1, 0.15) is 12.1 Å². The van der Waals surface area contributed by atoms with Crippen molar-refractivity contribution in [3.8, 4) is 11.4 Å². The molecule has 0 saturated heterocycles. The largest absolute Gasteiger partial charge is 0.259 e. The van der Waals surface area contributed by atoms with Crippen LogP contribution in [0.3, 0.4) is 0 Å². The zero-order valence-electron chi connectivity index (χ0n) is 6.46. The van der Waals surface area contributed by atoms with Crippen LogP contribution in [0.25, 0.3) is 11.4 Å². The molecule has 0 unspecified atom stereocenters. The van der Waals surface area contributed by atoms with Crippen molar-refractivity contribution >= 4 is 15.9 Å². The minimum Gasteiger partial charge on any atom is -0.259 e. The molecule has 1 aromatic heterocycles. The highest BCUT2D eigenvalue weighted by atomic mass is 79.9. The molecule has 3 nitrogen and oxygen atoms in total. The van der Waals surface area contributed by atoms with E-state index in [-0.39, 0.29) is 5.82 Å². The molecule has 0 amide bonds. The maximum absolute atomic E-state index is 12.8. The van der Waals surface area contributed by atoms with Crippen molar-refractivity contribution in [1.29, 1.82) is 0 Å². The van der Waals surface area contributed by atoms with Gasteiger partial charge in [-0.25, -0.2) is 9.37 Å². The summed E-state index contributed by atoms with van der Waals surface area (Å²) in [4.78, 5) is 3.95. The van der Waals surface area contributed by atoms with Crippen molar-refractivity contribution in [3.05, 3.63) is 34.8 Å². The molecule has 0 saturated carbocycles. The van der Waals surface area contributed by atoms with Crippen LogP contribution in [0.15, 0.2) is 29.0 Å². The first-order valence-corrected chi connectivity index (χ1v) is 4.37. The summed E-state index contributed by atoms with van der Waals surface area (Å²) in [6, 6.07) is 4.67. The van der Waals surface area contributed by atoms with Gasteiger partial charge in [0.05, 0.1) is 4.47 Å². The maximum Gasteiger partial charge on any atom is 0.155 e. The molecule has 0 fully saturated rings. The lowest BCUT2D eigenvalue weighted by molar-refractivity contribution is 0.621. The van der Waals surface area contributed by atoms with Gasteiger partial charge in [-0.15, -0.1) is 0 Å². The van der Waals surface area contributed by atoms with Crippen LogP contribution < -0.4 is 0 Å². The minimum absolute atomic E-state index is 0.289. The summed E-state index contributed by atoms with van der Waals surface area (Å²) in [5, 5.41) is 6.40. The number of aromatic amines is 1. The third-order valence-corrected chi connectivity index (χ3v) is 2.22. The maximum atomic E-state index is 12.8. The average Bonchev–Trinajstić information content (AvgIpc) is 2.62. The molecule has 13 heavy (non-hydrogen) atoms. The van der Waals surface area contributed by atoms with Gasteiger partial charge in [-0.05, 0) is 34.1 Å². The van der Waals surface area contributed by atoms with Gasteiger partial charge < -0.3 is 0 Å². The van der Waals surface area contributed by atoms with E-state index < -0.39 is 0 Å². The quantitative estimate of drug-likeness (QED) is 0.833. The van der Waals surface area contributed by atoms with Crippen molar-refractivity contribution in [2.45, 2.75) is 0 Å². The molecule has 0 spiro atoms. The molecule has 0 aliphatic rings. The number of rotatable bonds is 1. The van der Waals surface area contributed by atoms with Crippen LogP contribution in [-0.4, -0.2) is 15.2 Å². The van der Waals surface area contributed by atoms with Crippen LogP contribution in [0, 0.1) is 5.82 Å². The van der Waals surface area contributed by atoms with E-state index in [1.807, 2.05) is 0 Å². The molecule has 2 aromatic rings. The van der Waals surface area contributed by atoms with Crippen LogP contribution in [0.2, 0.25) is 0 Å². The molecule has 1 aromatic carbocycles. The fraction of sp³-hybridized carbons (Fsp3) is 0. The van der Waals surface area contributed by atoms with Gasteiger partial charge in [0.15, 0.2) is 5.82 Å². The Hall–Kier alpha value is -1.23. The number of hydrogen-bond donors (Lipinski definition) is 1. The lowest BCUT2D eigenvalue weighted by Gasteiger charge is -1.97. The molecule has 2 rings (SSSR count). The first-order chi connectivity index (χ1) is 6.27. The van der Waals surface area contributed by atoms with Gasteiger partial charge in [0.25, 0.3) is 0 Å². The number of aromatic nitrogens is 3. The Morgan fingerprint density at radius 1 is 1.38 bits per heavy atom. The Morgan fingerprint density at radius 3 is 2.85 bits per heavy atom. The van der Waals surface area contributed by atoms with Gasteiger partial charge in [0.2, 0.25) is 0 Å². The highest BCUT2D eigenvalue weighted by molar-refractivity contribution is 9.10. The summed E-state index contributed by atoms with van der Waals surface area (Å²) < 4.78 is 13.3. The zero-order valence-corrected chi connectivity index (χ0v) is 8.05. The third kappa shape index (κ3) is 1.60. The molecule has 0 atom stereocenters.